The third-order valence-electron chi connectivity index (χ3n) is 7.31. The summed E-state index contributed by atoms with van der Waals surface area (Å²) in [5.41, 5.74) is 5.18. The number of amides is 1. The molecule has 0 saturated carbocycles. The zero-order valence-electron chi connectivity index (χ0n) is 22.5. The number of carbonyl (C=O) groups excluding carboxylic acids is 2. The first-order chi connectivity index (χ1) is 19.9. The van der Waals surface area contributed by atoms with Gasteiger partial charge in [0, 0.05) is 71.2 Å². The van der Waals surface area contributed by atoms with Crippen LogP contribution in [0.25, 0.3) is 10.9 Å². The molecule has 1 amide bonds. The van der Waals surface area contributed by atoms with Crippen molar-refractivity contribution in [2.45, 2.75) is 0 Å². The lowest BCUT2D eigenvalue weighted by Gasteiger charge is -2.34. The number of nitrogens with zero attached hydrogens (tertiary/aromatic N) is 3. The number of fused-ring (bicyclic) bond motifs is 1. The van der Waals surface area contributed by atoms with Gasteiger partial charge in [0.2, 0.25) is 0 Å². The summed E-state index contributed by atoms with van der Waals surface area (Å²) in [6, 6.07) is 22.0. The van der Waals surface area contributed by atoms with Gasteiger partial charge in [0.15, 0.2) is 11.7 Å². The second kappa shape index (κ2) is 11.4. The van der Waals surface area contributed by atoms with Crippen molar-refractivity contribution in [1.29, 1.82) is 0 Å². The lowest BCUT2D eigenvalue weighted by atomic mass is 10.0. The minimum atomic E-state index is -0.223. The molecule has 5 aromatic rings. The Morgan fingerprint density at radius 3 is 2.49 bits per heavy atom. The number of ketones is 1. The van der Waals surface area contributed by atoms with E-state index in [1.807, 2.05) is 17.5 Å². The maximum atomic E-state index is 13.3. The van der Waals surface area contributed by atoms with Gasteiger partial charge in [-0.15, -0.1) is 0 Å². The second-order valence-electron chi connectivity index (χ2n) is 10.1. The van der Waals surface area contributed by atoms with Gasteiger partial charge in [-0.2, -0.15) is 11.3 Å². The molecule has 1 saturated heterocycles. The number of thiophene rings is 1. The van der Waals surface area contributed by atoms with E-state index >= 15 is 0 Å². The Balaban J connectivity index is 1.17. The van der Waals surface area contributed by atoms with E-state index in [-0.39, 0.29) is 17.6 Å². The molecule has 3 heterocycles. The summed E-state index contributed by atoms with van der Waals surface area (Å²) < 4.78 is 0. The molecular weight excluding hydrogens is 534 g/mol. The molecule has 0 aliphatic carbocycles. The standard InChI is InChI=1S/C32H29N5O3S/c1-36-12-14-37(15-13-36)26-8-6-24(7-9-26)33-19-28-27-10-5-22(18-29(27)35-32(28)40)30(38)21-3-2-4-25(17-21)34-31(39)23-11-16-41-20-23/h2-11,16-20,35,40H,12-15H2,1H3,(H,34,39). The summed E-state index contributed by atoms with van der Waals surface area (Å²) in [7, 11) is 2.14. The van der Waals surface area contributed by atoms with Crippen molar-refractivity contribution in [3.8, 4) is 5.88 Å². The van der Waals surface area contributed by atoms with Crippen LogP contribution in [0.3, 0.4) is 0 Å². The largest absolute Gasteiger partial charge is 0.494 e. The molecule has 0 atom stereocenters. The van der Waals surface area contributed by atoms with E-state index in [1.165, 1.54) is 17.0 Å². The fraction of sp³-hybridized carbons (Fsp3) is 0.156. The Bertz CT molecular complexity index is 1730. The number of piperazine rings is 1. The predicted octanol–water partition coefficient (Wildman–Crippen LogP) is 5.92. The molecule has 1 aliphatic heterocycles. The van der Waals surface area contributed by atoms with E-state index in [1.54, 1.807) is 60.1 Å². The molecule has 3 aromatic carbocycles. The number of anilines is 2. The van der Waals surface area contributed by atoms with Gasteiger partial charge in [-0.25, -0.2) is 0 Å². The second-order valence-corrected chi connectivity index (χ2v) is 10.9. The van der Waals surface area contributed by atoms with Crippen LogP contribution in [0.2, 0.25) is 0 Å². The number of aliphatic imine (C=N–C) groups is 1. The third kappa shape index (κ3) is 5.77. The van der Waals surface area contributed by atoms with Gasteiger partial charge in [0.05, 0.1) is 16.8 Å². The lowest BCUT2D eigenvalue weighted by Crippen LogP contribution is -2.44. The number of hydrogen-bond donors (Lipinski definition) is 3. The number of aromatic amines is 1. The Kier molecular flexibility index (Phi) is 7.37. The molecule has 0 unspecified atom stereocenters. The zero-order chi connectivity index (χ0) is 28.3. The average molecular weight is 564 g/mol. The number of aromatic hydroxyl groups is 1. The van der Waals surface area contributed by atoms with Crippen LogP contribution in [0.15, 0.2) is 88.5 Å². The van der Waals surface area contributed by atoms with E-state index in [0.29, 0.717) is 33.5 Å². The highest BCUT2D eigenvalue weighted by Gasteiger charge is 2.16. The van der Waals surface area contributed by atoms with E-state index in [9.17, 15) is 14.7 Å². The van der Waals surface area contributed by atoms with Crippen molar-refractivity contribution < 1.29 is 14.7 Å². The van der Waals surface area contributed by atoms with Crippen LogP contribution >= 0.6 is 11.3 Å². The zero-order valence-corrected chi connectivity index (χ0v) is 23.3. The minimum absolute atomic E-state index is 0.0134. The normalized spacial score (nSPS) is 14.1. The highest BCUT2D eigenvalue weighted by atomic mass is 32.1. The summed E-state index contributed by atoms with van der Waals surface area (Å²) >= 11 is 1.45. The van der Waals surface area contributed by atoms with Crippen molar-refractivity contribution in [2.75, 3.05) is 43.4 Å². The molecule has 1 fully saturated rings. The van der Waals surface area contributed by atoms with Crippen LogP contribution in [-0.2, 0) is 0 Å². The molecule has 9 heteroatoms. The molecule has 0 radical (unpaired) electrons. The number of H-pyrrole nitrogens is 1. The molecular formula is C32H29N5O3S. The maximum absolute atomic E-state index is 13.3. The summed E-state index contributed by atoms with van der Waals surface area (Å²) in [6.45, 7) is 4.11. The quantitative estimate of drug-likeness (QED) is 0.169. The molecule has 8 nitrogen and oxygen atoms in total. The van der Waals surface area contributed by atoms with Crippen molar-refractivity contribution in [1.82, 2.24) is 9.88 Å². The van der Waals surface area contributed by atoms with Gasteiger partial charge in [0.25, 0.3) is 5.91 Å². The highest BCUT2D eigenvalue weighted by molar-refractivity contribution is 7.08. The molecule has 206 valence electrons. The van der Waals surface area contributed by atoms with Crippen LogP contribution in [0.4, 0.5) is 17.1 Å². The molecule has 41 heavy (non-hydrogen) atoms. The van der Waals surface area contributed by atoms with Crippen LogP contribution in [0, 0.1) is 0 Å². The maximum Gasteiger partial charge on any atom is 0.256 e. The summed E-state index contributed by atoms with van der Waals surface area (Å²) in [5.74, 6) is -0.428. The van der Waals surface area contributed by atoms with Crippen LogP contribution in [0.1, 0.15) is 31.8 Å². The van der Waals surface area contributed by atoms with Crippen molar-refractivity contribution >= 4 is 57.2 Å². The third-order valence-corrected chi connectivity index (χ3v) is 7.99. The van der Waals surface area contributed by atoms with Crippen LogP contribution < -0.4 is 10.2 Å². The van der Waals surface area contributed by atoms with E-state index in [0.717, 1.165) is 37.3 Å². The minimum Gasteiger partial charge on any atom is -0.494 e. The topological polar surface area (TPSA) is 101 Å². The fourth-order valence-corrected chi connectivity index (χ4v) is 5.57. The van der Waals surface area contributed by atoms with Gasteiger partial charge in [0.1, 0.15) is 0 Å². The number of benzene rings is 3. The van der Waals surface area contributed by atoms with Gasteiger partial charge in [-0.3, -0.25) is 14.6 Å². The Labute approximate surface area is 241 Å². The van der Waals surface area contributed by atoms with Gasteiger partial charge in [-0.05, 0) is 61.0 Å². The number of aromatic nitrogens is 1. The van der Waals surface area contributed by atoms with E-state index in [4.69, 9.17) is 0 Å². The number of rotatable bonds is 7. The predicted molar refractivity (Wildman–Crippen MR) is 166 cm³/mol. The van der Waals surface area contributed by atoms with Gasteiger partial charge in [-0.1, -0.05) is 24.3 Å². The molecule has 0 spiro atoms. The monoisotopic (exact) mass is 563 g/mol. The van der Waals surface area contributed by atoms with Crippen LogP contribution in [0.5, 0.6) is 5.88 Å². The molecule has 2 aromatic heterocycles. The molecule has 6 rings (SSSR count). The number of nitrogens with one attached hydrogen (secondary N) is 2. The van der Waals surface area contributed by atoms with Gasteiger partial charge >= 0.3 is 0 Å². The summed E-state index contributed by atoms with van der Waals surface area (Å²) in [6.07, 6.45) is 1.64. The Morgan fingerprint density at radius 1 is 0.951 bits per heavy atom. The first-order valence-electron chi connectivity index (χ1n) is 13.4. The van der Waals surface area contributed by atoms with Crippen molar-refractivity contribution in [3.05, 3.63) is 106 Å². The first kappa shape index (κ1) is 26.5. The number of carbonyl (C=O) groups is 2. The molecule has 1 aliphatic rings. The van der Waals surface area contributed by atoms with Gasteiger partial charge < -0.3 is 25.2 Å². The van der Waals surface area contributed by atoms with E-state index < -0.39 is 0 Å². The Morgan fingerprint density at radius 2 is 1.73 bits per heavy atom. The average Bonchev–Trinajstić information content (AvgIpc) is 3.64. The number of hydrogen-bond acceptors (Lipinski definition) is 7. The smallest absolute Gasteiger partial charge is 0.256 e. The first-order valence-corrected chi connectivity index (χ1v) is 14.3. The molecule has 0 bridgehead atoms. The summed E-state index contributed by atoms with van der Waals surface area (Å²) in [5, 5.41) is 17.8. The van der Waals surface area contributed by atoms with Crippen LogP contribution in [-0.4, -0.2) is 66.1 Å². The van der Waals surface area contributed by atoms with Crippen molar-refractivity contribution in [3.63, 3.8) is 0 Å². The molecule has 3 N–H and O–H groups in total. The fourth-order valence-electron chi connectivity index (χ4n) is 4.93. The SMILES string of the molecule is CN1CCN(c2ccc(N=Cc3c(O)[nH]c4cc(C(=O)c5cccc(NC(=O)c6ccsc6)c5)ccc34)cc2)CC1. The Hall–Kier alpha value is -4.73. The number of likely N-dealkylation sites (N-methyl/N-ethyl adjacent to an activating group) is 1. The lowest BCUT2D eigenvalue weighted by molar-refractivity contribution is 0.102. The van der Waals surface area contributed by atoms with E-state index in [2.05, 4.69) is 44.3 Å². The van der Waals surface area contributed by atoms with Crippen molar-refractivity contribution in [2.24, 2.45) is 4.99 Å². The summed E-state index contributed by atoms with van der Waals surface area (Å²) in [4.78, 5) is 38.0. The highest BCUT2D eigenvalue weighted by Crippen LogP contribution is 2.29.